The van der Waals surface area contributed by atoms with Gasteiger partial charge < -0.3 is 15.0 Å². The van der Waals surface area contributed by atoms with E-state index in [9.17, 15) is 14.9 Å². The first-order chi connectivity index (χ1) is 22.7. The fraction of sp³-hybridized carbons (Fsp3) is 0.432. The SMILES string of the molecule is Cc1cccc([C@H]2[C@H](C(=O)NC3CCN(C(=O)OC(C)(C)C)CC3)N(Cc3ccccc3F)C(C)[C@]2(C#N)c2ccc(Cl)cc2F)c1F. The number of amides is 2. The highest BCUT2D eigenvalue weighted by molar-refractivity contribution is 6.30. The monoisotopic (exact) mass is 680 g/mol. The summed E-state index contributed by atoms with van der Waals surface area (Å²) in [5.74, 6) is -3.60. The Kier molecular flexibility index (Phi) is 10.1. The average molecular weight is 681 g/mol. The van der Waals surface area contributed by atoms with Gasteiger partial charge >= 0.3 is 6.09 Å². The van der Waals surface area contributed by atoms with Crippen molar-refractivity contribution in [2.45, 2.75) is 89.1 Å². The van der Waals surface area contributed by atoms with Gasteiger partial charge in [0.05, 0.1) is 12.1 Å². The Morgan fingerprint density at radius 3 is 2.35 bits per heavy atom. The number of hydrogen-bond acceptors (Lipinski definition) is 5. The van der Waals surface area contributed by atoms with Gasteiger partial charge in [-0.05, 0) is 76.8 Å². The van der Waals surface area contributed by atoms with Crippen molar-refractivity contribution in [1.29, 1.82) is 5.26 Å². The Morgan fingerprint density at radius 2 is 1.73 bits per heavy atom. The molecular formula is C37H40ClF3N4O3. The van der Waals surface area contributed by atoms with E-state index in [0.29, 0.717) is 31.5 Å². The smallest absolute Gasteiger partial charge is 0.410 e. The summed E-state index contributed by atoms with van der Waals surface area (Å²) in [7, 11) is 0. The molecular weight excluding hydrogens is 641 g/mol. The molecule has 11 heteroatoms. The summed E-state index contributed by atoms with van der Waals surface area (Å²) < 4.78 is 52.8. The molecule has 0 aliphatic carbocycles. The van der Waals surface area contributed by atoms with Crippen LogP contribution in [0.2, 0.25) is 5.02 Å². The third-order valence-electron chi connectivity index (χ3n) is 9.51. The highest BCUT2D eigenvalue weighted by Gasteiger charge is 2.63. The molecule has 2 aliphatic rings. The van der Waals surface area contributed by atoms with Crippen LogP contribution in [0.3, 0.4) is 0 Å². The Morgan fingerprint density at radius 1 is 1.04 bits per heavy atom. The van der Waals surface area contributed by atoms with Crippen LogP contribution in [0.25, 0.3) is 0 Å². The van der Waals surface area contributed by atoms with Gasteiger partial charge in [-0.1, -0.05) is 54.1 Å². The molecule has 2 amide bonds. The summed E-state index contributed by atoms with van der Waals surface area (Å²) in [6.45, 7) is 9.21. The van der Waals surface area contributed by atoms with Crippen molar-refractivity contribution in [2.24, 2.45) is 0 Å². The van der Waals surface area contributed by atoms with Crippen LogP contribution < -0.4 is 5.32 Å². The number of likely N-dealkylation sites (tertiary alicyclic amines) is 2. The molecule has 2 saturated heterocycles. The fourth-order valence-corrected chi connectivity index (χ4v) is 7.31. The number of halogens is 4. The number of piperidine rings is 1. The fourth-order valence-electron chi connectivity index (χ4n) is 7.15. The number of aryl methyl sites for hydroxylation is 1. The summed E-state index contributed by atoms with van der Waals surface area (Å²) in [4.78, 5) is 30.5. The minimum atomic E-state index is -1.79. The molecule has 7 nitrogen and oxygen atoms in total. The highest BCUT2D eigenvalue weighted by atomic mass is 35.5. The van der Waals surface area contributed by atoms with Gasteiger partial charge in [0.1, 0.15) is 28.5 Å². The number of ether oxygens (including phenoxy) is 1. The summed E-state index contributed by atoms with van der Waals surface area (Å²) in [5, 5.41) is 14.3. The number of nitriles is 1. The number of nitrogens with zero attached hydrogens (tertiary/aromatic N) is 3. The molecule has 0 spiro atoms. The maximum absolute atomic E-state index is 16.2. The predicted octanol–water partition coefficient (Wildman–Crippen LogP) is 7.40. The van der Waals surface area contributed by atoms with Crippen molar-refractivity contribution in [3.63, 3.8) is 0 Å². The highest BCUT2D eigenvalue weighted by Crippen LogP contribution is 2.54. The van der Waals surface area contributed by atoms with Gasteiger partial charge in [-0.3, -0.25) is 9.69 Å². The maximum Gasteiger partial charge on any atom is 0.410 e. The number of carbonyl (C=O) groups excluding carboxylic acids is 2. The zero-order valence-corrected chi connectivity index (χ0v) is 28.5. The van der Waals surface area contributed by atoms with Crippen LogP contribution in [-0.4, -0.2) is 58.6 Å². The average Bonchev–Trinajstić information content (AvgIpc) is 3.27. The van der Waals surface area contributed by atoms with Crippen molar-refractivity contribution in [2.75, 3.05) is 13.1 Å². The van der Waals surface area contributed by atoms with E-state index < -0.39 is 58.5 Å². The molecule has 254 valence electrons. The van der Waals surface area contributed by atoms with Crippen LogP contribution in [0.15, 0.2) is 60.7 Å². The van der Waals surface area contributed by atoms with Gasteiger partial charge in [0.2, 0.25) is 5.91 Å². The zero-order valence-electron chi connectivity index (χ0n) is 27.7. The molecule has 2 heterocycles. The topological polar surface area (TPSA) is 85.7 Å². The maximum atomic E-state index is 16.2. The van der Waals surface area contributed by atoms with Gasteiger partial charge in [0.15, 0.2) is 0 Å². The zero-order chi connectivity index (χ0) is 35.0. The van der Waals surface area contributed by atoms with Crippen molar-refractivity contribution >= 4 is 23.6 Å². The van der Waals surface area contributed by atoms with Gasteiger partial charge in [-0.25, -0.2) is 18.0 Å². The summed E-state index contributed by atoms with van der Waals surface area (Å²) >= 11 is 6.12. The van der Waals surface area contributed by atoms with Crippen molar-refractivity contribution in [3.05, 3.63) is 105 Å². The second kappa shape index (κ2) is 13.8. The number of benzene rings is 3. The molecule has 0 aromatic heterocycles. The molecule has 3 aromatic carbocycles. The first-order valence-electron chi connectivity index (χ1n) is 16.1. The minimum absolute atomic E-state index is 0.0349. The lowest BCUT2D eigenvalue weighted by Gasteiger charge is -2.36. The molecule has 3 aromatic rings. The van der Waals surface area contributed by atoms with Crippen LogP contribution in [0, 0.1) is 35.7 Å². The van der Waals surface area contributed by atoms with Crippen LogP contribution in [-0.2, 0) is 21.5 Å². The molecule has 1 unspecified atom stereocenters. The van der Waals surface area contributed by atoms with E-state index in [1.54, 1.807) is 74.8 Å². The van der Waals surface area contributed by atoms with E-state index in [2.05, 4.69) is 11.4 Å². The van der Waals surface area contributed by atoms with Gasteiger partial charge in [0.25, 0.3) is 0 Å². The number of carbonyl (C=O) groups is 2. The van der Waals surface area contributed by atoms with Crippen LogP contribution in [0.1, 0.15) is 68.7 Å². The second-order valence-electron chi connectivity index (χ2n) is 13.7. The number of rotatable bonds is 6. The molecule has 2 fully saturated rings. The van der Waals surface area contributed by atoms with Crippen molar-refractivity contribution in [3.8, 4) is 6.07 Å². The van der Waals surface area contributed by atoms with E-state index in [1.807, 2.05) is 0 Å². The molecule has 0 radical (unpaired) electrons. The Balaban J connectivity index is 1.59. The number of nitrogens with one attached hydrogen (secondary N) is 1. The van der Waals surface area contributed by atoms with E-state index in [-0.39, 0.29) is 34.3 Å². The summed E-state index contributed by atoms with van der Waals surface area (Å²) in [6.07, 6.45) is 0.421. The van der Waals surface area contributed by atoms with E-state index in [4.69, 9.17) is 16.3 Å². The lowest BCUT2D eigenvalue weighted by molar-refractivity contribution is -0.127. The normalized spacial score (nSPS) is 23.5. The predicted molar refractivity (Wildman–Crippen MR) is 177 cm³/mol. The second-order valence-corrected chi connectivity index (χ2v) is 14.1. The van der Waals surface area contributed by atoms with Crippen molar-refractivity contribution in [1.82, 2.24) is 15.1 Å². The third-order valence-corrected chi connectivity index (χ3v) is 9.75. The van der Waals surface area contributed by atoms with Crippen LogP contribution in [0.4, 0.5) is 18.0 Å². The first-order valence-corrected chi connectivity index (χ1v) is 16.4. The van der Waals surface area contributed by atoms with E-state index in [0.717, 1.165) is 6.07 Å². The van der Waals surface area contributed by atoms with E-state index in [1.165, 1.54) is 24.3 Å². The molecule has 2 aliphatic heterocycles. The Hall–Kier alpha value is -4.07. The lowest BCUT2D eigenvalue weighted by atomic mass is 9.65. The van der Waals surface area contributed by atoms with Gasteiger partial charge in [-0.15, -0.1) is 0 Å². The Bertz CT molecular complexity index is 1730. The molecule has 5 rings (SSSR count). The van der Waals surface area contributed by atoms with Crippen LogP contribution in [0.5, 0.6) is 0 Å². The van der Waals surface area contributed by atoms with E-state index >= 15 is 13.2 Å². The first kappa shape index (κ1) is 35.2. The number of hydrogen-bond donors (Lipinski definition) is 1. The summed E-state index contributed by atoms with van der Waals surface area (Å²) in [5.41, 5.74) is -1.84. The molecule has 4 atom stereocenters. The summed E-state index contributed by atoms with van der Waals surface area (Å²) in [6, 6.07) is 14.7. The van der Waals surface area contributed by atoms with Gasteiger partial charge in [0, 0.05) is 53.8 Å². The lowest BCUT2D eigenvalue weighted by Crippen LogP contribution is -2.53. The quantitative estimate of drug-likeness (QED) is 0.293. The molecule has 0 bridgehead atoms. The Labute approximate surface area is 284 Å². The van der Waals surface area contributed by atoms with Crippen LogP contribution >= 0.6 is 11.6 Å². The third kappa shape index (κ3) is 6.76. The molecule has 0 saturated carbocycles. The molecule has 48 heavy (non-hydrogen) atoms. The van der Waals surface area contributed by atoms with Crippen molar-refractivity contribution < 1.29 is 27.5 Å². The molecule has 1 N–H and O–H groups in total. The largest absolute Gasteiger partial charge is 0.444 e. The van der Waals surface area contributed by atoms with Gasteiger partial charge in [-0.2, -0.15) is 5.26 Å². The standard InChI is InChI=1S/C37H40ClF3N4O3/c1-22-9-8-11-27(32(22)41)31-33(34(46)43-26-15-17-44(18-16-26)35(47)48-36(3,4)5)45(20-24-10-6-7-12-29(24)39)23(2)37(31,21-42)28-14-13-25(38)19-30(28)40/h6-14,19,23,26,31,33H,15-18,20H2,1-5H3,(H,43,46)/t23?,31-,33+,37+/m0/s1. The minimum Gasteiger partial charge on any atom is -0.444 e.